The first-order valence-corrected chi connectivity index (χ1v) is 12.3. The second-order valence-corrected chi connectivity index (χ2v) is 11.6. The Morgan fingerprint density at radius 2 is 1.83 bits per heavy atom. The summed E-state index contributed by atoms with van der Waals surface area (Å²) in [6.07, 6.45) is -1.76. The molecule has 3 fully saturated rings. The first-order valence-electron chi connectivity index (χ1n) is 12.3. The molecule has 12 heteroatoms. The number of hydrogen-bond donors (Lipinski definition) is 3. The third kappa shape index (κ3) is 6.28. The second kappa shape index (κ2) is 9.90. The van der Waals surface area contributed by atoms with E-state index in [2.05, 4.69) is 10.6 Å². The normalized spacial score (nSPS) is 27.0. The van der Waals surface area contributed by atoms with Crippen molar-refractivity contribution in [1.82, 2.24) is 20.9 Å². The van der Waals surface area contributed by atoms with Gasteiger partial charge < -0.3 is 20.9 Å². The number of carbonyl (C=O) groups is 4. The van der Waals surface area contributed by atoms with Gasteiger partial charge in [0.15, 0.2) is 0 Å². The van der Waals surface area contributed by atoms with Crippen LogP contribution in [0.5, 0.6) is 0 Å². The van der Waals surface area contributed by atoms with Crippen molar-refractivity contribution in [2.45, 2.75) is 96.1 Å². The van der Waals surface area contributed by atoms with Gasteiger partial charge in [0.25, 0.3) is 0 Å². The highest BCUT2D eigenvalue weighted by Crippen LogP contribution is 2.46. The number of halogens is 3. The molecule has 36 heavy (non-hydrogen) atoms. The van der Waals surface area contributed by atoms with Crippen LogP contribution in [0, 0.1) is 28.6 Å². The molecular formula is C24H34F3N5O4. The van der Waals surface area contributed by atoms with Gasteiger partial charge in [-0.25, -0.2) is 0 Å². The Kier molecular flexibility index (Phi) is 7.63. The molecule has 5 atom stereocenters. The van der Waals surface area contributed by atoms with E-state index in [-0.39, 0.29) is 36.8 Å². The lowest BCUT2D eigenvalue weighted by Crippen LogP contribution is -2.62. The highest BCUT2D eigenvalue weighted by atomic mass is 19.4. The summed E-state index contributed by atoms with van der Waals surface area (Å²) >= 11 is 0. The average molecular weight is 514 g/mol. The SMILES string of the molecule is C[C@@H]1CC[C@@H](C(=O)N[C@H](C#N)C[C@@H]2CC3(CC3)NC2=O)N(C(=O)[C@@H](NC(=O)C(F)(F)F)C(C)(C)C)C1. The monoisotopic (exact) mass is 513 g/mol. The summed E-state index contributed by atoms with van der Waals surface area (Å²) in [7, 11) is 0. The van der Waals surface area contributed by atoms with Crippen LogP contribution in [0.25, 0.3) is 0 Å². The predicted molar refractivity (Wildman–Crippen MR) is 122 cm³/mol. The summed E-state index contributed by atoms with van der Waals surface area (Å²) in [5.74, 6) is -4.17. The lowest BCUT2D eigenvalue weighted by atomic mass is 9.84. The van der Waals surface area contributed by atoms with Gasteiger partial charge in [-0.2, -0.15) is 18.4 Å². The summed E-state index contributed by atoms with van der Waals surface area (Å²) in [5.41, 5.74) is -1.24. The van der Waals surface area contributed by atoms with E-state index >= 15 is 0 Å². The summed E-state index contributed by atoms with van der Waals surface area (Å²) in [5, 5.41) is 17.0. The average Bonchev–Trinajstić information content (AvgIpc) is 3.44. The van der Waals surface area contributed by atoms with Gasteiger partial charge in [0.1, 0.15) is 18.1 Å². The Morgan fingerprint density at radius 3 is 2.33 bits per heavy atom. The smallest absolute Gasteiger partial charge is 0.350 e. The number of amides is 4. The van der Waals surface area contributed by atoms with E-state index in [4.69, 9.17) is 0 Å². The van der Waals surface area contributed by atoms with Crippen LogP contribution in [-0.2, 0) is 19.2 Å². The number of nitriles is 1. The van der Waals surface area contributed by atoms with Gasteiger partial charge in [0, 0.05) is 18.0 Å². The van der Waals surface area contributed by atoms with Crippen LogP contribution < -0.4 is 16.0 Å². The minimum Gasteiger partial charge on any atom is -0.350 e. The topological polar surface area (TPSA) is 131 Å². The number of carbonyl (C=O) groups excluding carboxylic acids is 4. The standard InChI is InChI=1S/C24H34F3N5O4/c1-13-5-6-16(19(34)29-15(11-28)9-14-10-23(7-8-23)31-18(14)33)32(12-13)20(35)17(22(2,3)4)30-21(36)24(25,26)27/h13-17H,5-10,12H2,1-4H3,(H,29,34)(H,30,36)(H,31,33)/t13-,14-,15+,16+,17-/m1/s1. The predicted octanol–water partition coefficient (Wildman–Crippen LogP) is 1.77. The van der Waals surface area contributed by atoms with Crippen molar-refractivity contribution in [3.8, 4) is 6.07 Å². The molecule has 9 nitrogen and oxygen atoms in total. The van der Waals surface area contributed by atoms with Crippen molar-refractivity contribution in [3.63, 3.8) is 0 Å². The lowest BCUT2D eigenvalue weighted by Gasteiger charge is -2.42. The van der Waals surface area contributed by atoms with Crippen LogP contribution in [0.3, 0.4) is 0 Å². The fourth-order valence-corrected chi connectivity index (χ4v) is 5.04. The fraction of sp³-hybridized carbons (Fsp3) is 0.792. The highest BCUT2D eigenvalue weighted by Gasteiger charge is 2.53. The second-order valence-electron chi connectivity index (χ2n) is 11.6. The van der Waals surface area contributed by atoms with Crippen molar-refractivity contribution < 1.29 is 32.3 Å². The third-order valence-corrected chi connectivity index (χ3v) is 7.29. The third-order valence-electron chi connectivity index (χ3n) is 7.29. The van der Waals surface area contributed by atoms with Gasteiger partial charge >= 0.3 is 12.1 Å². The number of nitrogens with one attached hydrogen (secondary N) is 3. The maximum Gasteiger partial charge on any atom is 0.471 e. The zero-order valence-electron chi connectivity index (χ0n) is 21.0. The Hall–Kier alpha value is -2.84. The zero-order valence-corrected chi connectivity index (χ0v) is 21.0. The van der Waals surface area contributed by atoms with Crippen molar-refractivity contribution in [3.05, 3.63) is 0 Å². The number of alkyl halides is 3. The number of piperidine rings is 1. The number of likely N-dealkylation sites (tertiary alicyclic amines) is 1. The molecule has 2 aliphatic heterocycles. The Balaban J connectivity index is 1.74. The first-order chi connectivity index (χ1) is 16.6. The zero-order chi connectivity index (χ0) is 27.1. The molecule has 2 saturated heterocycles. The molecule has 0 bridgehead atoms. The summed E-state index contributed by atoms with van der Waals surface area (Å²) in [6, 6.07) is -1.47. The quantitative estimate of drug-likeness (QED) is 0.498. The van der Waals surface area contributed by atoms with E-state index in [1.165, 1.54) is 25.7 Å². The molecule has 3 N–H and O–H groups in total. The molecule has 0 aromatic rings. The molecule has 1 aliphatic carbocycles. The maximum atomic E-state index is 13.5. The molecule has 1 spiro atoms. The van der Waals surface area contributed by atoms with Gasteiger partial charge in [0.05, 0.1) is 6.07 Å². The molecule has 2 heterocycles. The van der Waals surface area contributed by atoms with Gasteiger partial charge in [-0.1, -0.05) is 27.7 Å². The Morgan fingerprint density at radius 1 is 1.19 bits per heavy atom. The van der Waals surface area contributed by atoms with Crippen LogP contribution in [0.4, 0.5) is 13.2 Å². The first kappa shape index (κ1) is 27.7. The van der Waals surface area contributed by atoms with Crippen LogP contribution in [0.2, 0.25) is 0 Å². The largest absolute Gasteiger partial charge is 0.471 e. The summed E-state index contributed by atoms with van der Waals surface area (Å²) in [6.45, 7) is 6.56. The van der Waals surface area contributed by atoms with Crippen molar-refractivity contribution in [2.24, 2.45) is 17.3 Å². The number of hydrogen-bond acceptors (Lipinski definition) is 5. The van der Waals surface area contributed by atoms with Crippen LogP contribution in [0.15, 0.2) is 0 Å². The van der Waals surface area contributed by atoms with Crippen LogP contribution in [-0.4, -0.2) is 64.9 Å². The molecule has 1 saturated carbocycles. The van der Waals surface area contributed by atoms with Crippen molar-refractivity contribution >= 4 is 23.6 Å². The van der Waals surface area contributed by atoms with E-state index in [0.29, 0.717) is 12.8 Å². The molecular weight excluding hydrogens is 479 g/mol. The Labute approximate surface area is 208 Å². The van der Waals surface area contributed by atoms with Crippen LogP contribution in [0.1, 0.15) is 66.2 Å². The summed E-state index contributed by atoms with van der Waals surface area (Å²) < 4.78 is 38.8. The maximum absolute atomic E-state index is 13.5. The molecule has 0 aromatic carbocycles. The van der Waals surface area contributed by atoms with Crippen molar-refractivity contribution in [1.29, 1.82) is 5.26 Å². The number of nitrogens with zero attached hydrogens (tertiary/aromatic N) is 2. The van der Waals surface area contributed by atoms with Gasteiger partial charge in [-0.15, -0.1) is 0 Å². The van der Waals surface area contributed by atoms with Crippen LogP contribution >= 0.6 is 0 Å². The molecule has 0 aromatic heterocycles. The van der Waals surface area contributed by atoms with Crippen molar-refractivity contribution in [2.75, 3.05) is 6.54 Å². The molecule has 0 radical (unpaired) electrons. The molecule has 200 valence electrons. The number of rotatable bonds is 6. The van der Waals surface area contributed by atoms with E-state index < -0.39 is 53.4 Å². The Bertz CT molecular complexity index is 951. The summed E-state index contributed by atoms with van der Waals surface area (Å²) in [4.78, 5) is 51.8. The van der Waals surface area contributed by atoms with Gasteiger partial charge in [-0.05, 0) is 49.9 Å². The molecule has 3 aliphatic rings. The molecule has 3 rings (SSSR count). The van der Waals surface area contributed by atoms with Gasteiger partial charge in [0.2, 0.25) is 17.7 Å². The lowest BCUT2D eigenvalue weighted by molar-refractivity contribution is -0.176. The van der Waals surface area contributed by atoms with E-state index in [9.17, 15) is 37.6 Å². The molecule has 4 amide bonds. The van der Waals surface area contributed by atoms with E-state index in [1.807, 2.05) is 13.0 Å². The highest BCUT2D eigenvalue weighted by molar-refractivity contribution is 5.94. The van der Waals surface area contributed by atoms with E-state index in [0.717, 1.165) is 12.8 Å². The molecule has 0 unspecified atom stereocenters. The van der Waals surface area contributed by atoms with E-state index in [1.54, 1.807) is 5.32 Å². The fourth-order valence-electron chi connectivity index (χ4n) is 5.04. The van der Waals surface area contributed by atoms with Gasteiger partial charge in [-0.3, -0.25) is 19.2 Å². The minimum atomic E-state index is -5.17. The minimum absolute atomic E-state index is 0.0133.